The molecular formula is C6H8ClF2NO. The molecule has 1 unspecified atom stereocenters. The lowest BCUT2D eigenvalue weighted by Gasteiger charge is -2.04. The van der Waals surface area contributed by atoms with Gasteiger partial charge in [-0.3, -0.25) is 0 Å². The van der Waals surface area contributed by atoms with E-state index >= 15 is 0 Å². The zero-order valence-electron chi connectivity index (χ0n) is 5.54. The predicted octanol–water partition coefficient (Wildman–Crippen LogP) is 1.97. The van der Waals surface area contributed by atoms with Crippen LogP contribution < -0.4 is 5.73 Å². The van der Waals surface area contributed by atoms with Gasteiger partial charge >= 0.3 is 0 Å². The largest absolute Gasteiger partial charge is 0.467 e. The van der Waals surface area contributed by atoms with Gasteiger partial charge in [0.05, 0.1) is 6.26 Å². The number of rotatable bonds is 2. The third-order valence-electron chi connectivity index (χ3n) is 1.14. The monoisotopic (exact) mass is 183 g/mol. The Morgan fingerprint density at radius 1 is 1.45 bits per heavy atom. The highest BCUT2D eigenvalue weighted by molar-refractivity contribution is 5.85. The second-order valence-corrected chi connectivity index (χ2v) is 1.88. The van der Waals surface area contributed by atoms with Crippen LogP contribution in [0.25, 0.3) is 0 Å². The van der Waals surface area contributed by atoms with E-state index in [0.29, 0.717) is 0 Å². The molecule has 1 aromatic rings. The second kappa shape index (κ2) is 4.31. The van der Waals surface area contributed by atoms with E-state index in [9.17, 15) is 8.78 Å². The summed E-state index contributed by atoms with van der Waals surface area (Å²) < 4.78 is 28.3. The fraction of sp³-hybridized carbons (Fsp3) is 0.333. The van der Waals surface area contributed by atoms with Gasteiger partial charge in [-0.2, -0.15) is 0 Å². The van der Waals surface area contributed by atoms with Crippen LogP contribution in [0.2, 0.25) is 0 Å². The van der Waals surface area contributed by atoms with Gasteiger partial charge in [0.2, 0.25) is 0 Å². The average Bonchev–Trinajstić information content (AvgIpc) is 2.36. The number of hydrogen-bond donors (Lipinski definition) is 1. The Hall–Kier alpha value is -0.610. The first-order valence-corrected chi connectivity index (χ1v) is 2.79. The SMILES string of the molecule is Cl.NC(c1ccco1)C(F)F. The molecule has 1 heterocycles. The van der Waals surface area contributed by atoms with Crippen molar-refractivity contribution in [1.29, 1.82) is 0 Å². The summed E-state index contributed by atoms with van der Waals surface area (Å²) in [6.45, 7) is 0. The van der Waals surface area contributed by atoms with Crippen molar-refractivity contribution in [3.05, 3.63) is 24.2 Å². The van der Waals surface area contributed by atoms with Crippen molar-refractivity contribution in [2.75, 3.05) is 0 Å². The van der Waals surface area contributed by atoms with Crippen molar-refractivity contribution in [3.8, 4) is 0 Å². The van der Waals surface area contributed by atoms with Crippen LogP contribution in [-0.4, -0.2) is 6.43 Å². The molecule has 0 spiro atoms. The molecule has 11 heavy (non-hydrogen) atoms. The minimum atomic E-state index is -2.56. The Kier molecular flexibility index (Phi) is 4.07. The summed E-state index contributed by atoms with van der Waals surface area (Å²) in [5.74, 6) is 0.120. The van der Waals surface area contributed by atoms with E-state index in [1.165, 1.54) is 18.4 Å². The van der Waals surface area contributed by atoms with E-state index in [1.54, 1.807) is 0 Å². The molecule has 1 rings (SSSR count). The third kappa shape index (κ3) is 2.48. The lowest BCUT2D eigenvalue weighted by atomic mass is 10.2. The molecule has 0 bridgehead atoms. The molecule has 1 aromatic heterocycles. The summed E-state index contributed by atoms with van der Waals surface area (Å²) in [7, 11) is 0. The summed E-state index contributed by atoms with van der Waals surface area (Å²) >= 11 is 0. The van der Waals surface area contributed by atoms with Gasteiger partial charge in [-0.05, 0) is 12.1 Å². The van der Waals surface area contributed by atoms with Crippen LogP contribution in [0.5, 0.6) is 0 Å². The van der Waals surface area contributed by atoms with Gasteiger partial charge in [-0.15, -0.1) is 12.4 Å². The van der Waals surface area contributed by atoms with Gasteiger partial charge in [-0.25, -0.2) is 8.78 Å². The van der Waals surface area contributed by atoms with Crippen molar-refractivity contribution >= 4 is 12.4 Å². The van der Waals surface area contributed by atoms with Gasteiger partial charge in [0.25, 0.3) is 6.43 Å². The molecule has 64 valence electrons. The lowest BCUT2D eigenvalue weighted by molar-refractivity contribution is 0.106. The molecular weight excluding hydrogens is 176 g/mol. The van der Waals surface area contributed by atoms with E-state index in [2.05, 4.69) is 4.42 Å². The Balaban J connectivity index is 0.000001000. The van der Waals surface area contributed by atoms with Gasteiger partial charge in [0.15, 0.2) is 0 Å². The van der Waals surface area contributed by atoms with Gasteiger partial charge in [0, 0.05) is 0 Å². The van der Waals surface area contributed by atoms with Gasteiger partial charge < -0.3 is 10.2 Å². The quantitative estimate of drug-likeness (QED) is 0.762. The van der Waals surface area contributed by atoms with Crippen LogP contribution in [0.1, 0.15) is 11.8 Å². The van der Waals surface area contributed by atoms with Crippen LogP contribution in [0.4, 0.5) is 8.78 Å². The molecule has 5 heteroatoms. The highest BCUT2D eigenvalue weighted by Gasteiger charge is 2.19. The van der Waals surface area contributed by atoms with E-state index in [1.807, 2.05) is 0 Å². The van der Waals surface area contributed by atoms with E-state index < -0.39 is 12.5 Å². The van der Waals surface area contributed by atoms with Crippen molar-refractivity contribution < 1.29 is 13.2 Å². The molecule has 0 radical (unpaired) electrons. The van der Waals surface area contributed by atoms with Crippen LogP contribution in [-0.2, 0) is 0 Å². The topological polar surface area (TPSA) is 39.2 Å². The molecule has 0 aliphatic rings. The fourth-order valence-electron chi connectivity index (χ4n) is 0.605. The predicted molar refractivity (Wildman–Crippen MR) is 38.9 cm³/mol. The Labute approximate surface area is 68.8 Å². The third-order valence-corrected chi connectivity index (χ3v) is 1.14. The minimum absolute atomic E-state index is 0. The summed E-state index contributed by atoms with van der Waals surface area (Å²) in [4.78, 5) is 0. The Morgan fingerprint density at radius 3 is 2.45 bits per heavy atom. The smallest absolute Gasteiger partial charge is 0.260 e. The number of alkyl halides is 2. The van der Waals surface area contributed by atoms with Crippen molar-refractivity contribution in [2.45, 2.75) is 12.5 Å². The van der Waals surface area contributed by atoms with Crippen molar-refractivity contribution in [3.63, 3.8) is 0 Å². The second-order valence-electron chi connectivity index (χ2n) is 1.88. The maximum atomic E-state index is 11.8. The maximum absolute atomic E-state index is 11.8. The zero-order chi connectivity index (χ0) is 7.56. The standard InChI is InChI=1S/C6H7F2NO.ClH/c7-6(8)5(9)4-2-1-3-10-4;/h1-3,5-6H,9H2;1H. The zero-order valence-corrected chi connectivity index (χ0v) is 6.35. The van der Waals surface area contributed by atoms with E-state index in [0.717, 1.165) is 0 Å². The molecule has 0 fully saturated rings. The highest BCUT2D eigenvalue weighted by atomic mass is 35.5. The summed E-state index contributed by atoms with van der Waals surface area (Å²) in [6.07, 6.45) is -1.25. The Bertz CT molecular complexity index is 190. The first-order valence-electron chi connectivity index (χ1n) is 2.79. The Morgan fingerprint density at radius 2 is 2.09 bits per heavy atom. The van der Waals surface area contributed by atoms with Gasteiger partial charge in [0.1, 0.15) is 11.8 Å². The molecule has 0 aromatic carbocycles. The highest BCUT2D eigenvalue weighted by Crippen LogP contribution is 2.17. The van der Waals surface area contributed by atoms with Crippen LogP contribution >= 0.6 is 12.4 Å². The minimum Gasteiger partial charge on any atom is -0.467 e. The number of nitrogens with two attached hydrogens (primary N) is 1. The molecule has 0 saturated carbocycles. The summed E-state index contributed by atoms with van der Waals surface area (Å²) in [6, 6.07) is 1.66. The van der Waals surface area contributed by atoms with Crippen LogP contribution in [0.3, 0.4) is 0 Å². The molecule has 0 aliphatic carbocycles. The average molecular weight is 184 g/mol. The van der Waals surface area contributed by atoms with Crippen LogP contribution in [0, 0.1) is 0 Å². The molecule has 0 saturated heterocycles. The summed E-state index contributed by atoms with van der Waals surface area (Å²) in [5.41, 5.74) is 5.04. The molecule has 0 amide bonds. The number of hydrogen-bond acceptors (Lipinski definition) is 2. The molecule has 0 aliphatic heterocycles. The maximum Gasteiger partial charge on any atom is 0.260 e. The normalized spacial score (nSPS) is 12.7. The number of halogens is 3. The van der Waals surface area contributed by atoms with Crippen LogP contribution in [0.15, 0.2) is 22.8 Å². The van der Waals surface area contributed by atoms with E-state index in [4.69, 9.17) is 5.73 Å². The first-order chi connectivity index (χ1) is 4.72. The van der Waals surface area contributed by atoms with Crippen molar-refractivity contribution in [2.24, 2.45) is 5.73 Å². The fourth-order valence-corrected chi connectivity index (χ4v) is 0.605. The molecule has 2 N–H and O–H groups in total. The number of furan rings is 1. The van der Waals surface area contributed by atoms with Crippen molar-refractivity contribution in [1.82, 2.24) is 0 Å². The molecule has 1 atom stereocenters. The summed E-state index contributed by atoms with van der Waals surface area (Å²) in [5, 5.41) is 0. The molecule has 2 nitrogen and oxygen atoms in total. The lowest BCUT2D eigenvalue weighted by Crippen LogP contribution is -2.17. The van der Waals surface area contributed by atoms with Gasteiger partial charge in [-0.1, -0.05) is 0 Å². The first kappa shape index (κ1) is 10.4. The van der Waals surface area contributed by atoms with E-state index in [-0.39, 0.29) is 18.2 Å².